The van der Waals surface area contributed by atoms with Crippen LogP contribution in [0.25, 0.3) is 0 Å². The van der Waals surface area contributed by atoms with Gasteiger partial charge in [0.05, 0.1) is 61.6 Å². The molecule has 0 aliphatic rings. The van der Waals surface area contributed by atoms with Gasteiger partial charge in [0, 0.05) is 46.1 Å². The third kappa shape index (κ3) is 22.1. The van der Waals surface area contributed by atoms with Gasteiger partial charge in [0.2, 0.25) is 0 Å². The van der Waals surface area contributed by atoms with Gasteiger partial charge in [-0.05, 0) is 79.6 Å². The fourth-order valence-electron chi connectivity index (χ4n) is 8.91. The summed E-state index contributed by atoms with van der Waals surface area (Å²) < 4.78 is 70.1. The lowest BCUT2D eigenvalue weighted by Crippen LogP contribution is -2.47. The van der Waals surface area contributed by atoms with E-state index < -0.39 is 124 Å². The maximum atomic E-state index is 14.3. The predicted molar refractivity (Wildman–Crippen MR) is 320 cm³/mol. The van der Waals surface area contributed by atoms with Crippen LogP contribution < -0.4 is 18.9 Å². The van der Waals surface area contributed by atoms with Crippen LogP contribution in [0, 0.1) is 10.8 Å². The highest BCUT2D eigenvalue weighted by molar-refractivity contribution is 5.96. The first-order valence-corrected chi connectivity index (χ1v) is 28.4. The van der Waals surface area contributed by atoms with E-state index in [0.717, 1.165) is 20.8 Å². The number of carbonyl (C=O) groups excluding carboxylic acids is 11. The molecule has 0 saturated carbocycles. The molecule has 91 heavy (non-hydrogen) atoms. The van der Waals surface area contributed by atoms with Crippen molar-refractivity contribution in [2.45, 2.75) is 61.0 Å². The van der Waals surface area contributed by atoms with Gasteiger partial charge in [-0.3, -0.25) is 28.8 Å². The molecule has 0 aromatic heterocycles. The largest absolute Gasteiger partial charge is 0.461 e. The number of benzene rings is 6. The summed E-state index contributed by atoms with van der Waals surface area (Å²) in [5.41, 5.74) is -3.03. The molecule has 0 bridgehead atoms. The van der Waals surface area contributed by atoms with Gasteiger partial charge in [0.25, 0.3) is 0 Å². The Morgan fingerprint density at radius 3 is 0.956 bits per heavy atom. The number of ketones is 2. The number of hydrogen-bond donors (Lipinski definition) is 0. The molecule has 6 aromatic carbocycles. The van der Waals surface area contributed by atoms with Gasteiger partial charge in [0.1, 0.15) is 84.3 Å². The van der Waals surface area contributed by atoms with Crippen LogP contribution in [0.5, 0.6) is 23.0 Å². The molecule has 0 radical (unpaired) electrons. The number of ether oxygens (including phenoxy) is 12. The highest BCUT2D eigenvalue weighted by Crippen LogP contribution is 2.31. The smallest absolute Gasteiger partial charge is 0.342 e. The Hall–Kier alpha value is -10.2. The summed E-state index contributed by atoms with van der Waals surface area (Å²) in [5.74, 6) is -8.38. The lowest BCUT2D eigenvalue weighted by atomic mass is 9.90. The van der Waals surface area contributed by atoms with Crippen molar-refractivity contribution in [3.8, 4) is 23.0 Å². The molecule has 0 heterocycles. The molecule has 478 valence electrons. The molecule has 23 nitrogen and oxygen atoms in total. The van der Waals surface area contributed by atoms with Crippen molar-refractivity contribution in [1.29, 1.82) is 0 Å². The summed E-state index contributed by atoms with van der Waals surface area (Å²) in [6, 6.07) is 36.1. The summed E-state index contributed by atoms with van der Waals surface area (Å²) in [6.45, 7) is 1.27. The minimum Gasteiger partial charge on any atom is -0.461 e. The summed E-state index contributed by atoms with van der Waals surface area (Å²) in [7, 11) is 0. The first-order chi connectivity index (χ1) is 43.6. The van der Waals surface area contributed by atoms with Crippen molar-refractivity contribution in [3.63, 3.8) is 0 Å². The molecule has 0 aliphatic carbocycles. The Bertz CT molecular complexity index is 3420. The van der Waals surface area contributed by atoms with E-state index in [9.17, 15) is 52.7 Å². The van der Waals surface area contributed by atoms with Gasteiger partial charge in [-0.2, -0.15) is 0 Å². The van der Waals surface area contributed by atoms with E-state index in [-0.39, 0.29) is 88.4 Å². The number of carbonyl (C=O) groups is 11. The Balaban J connectivity index is 1.44. The molecular formula is C68H68O23. The topological polar surface area (TPSA) is 299 Å². The van der Waals surface area contributed by atoms with E-state index >= 15 is 0 Å². The van der Waals surface area contributed by atoms with Crippen molar-refractivity contribution >= 4 is 65.3 Å². The Kier molecular flexibility index (Phi) is 26.5. The molecule has 1 atom stereocenters. The minimum absolute atomic E-state index is 0.00468. The lowest BCUT2D eigenvalue weighted by Gasteiger charge is -2.36. The van der Waals surface area contributed by atoms with Crippen molar-refractivity contribution in [1.82, 2.24) is 0 Å². The second kappa shape index (κ2) is 34.5. The first-order valence-electron chi connectivity index (χ1n) is 28.4. The lowest BCUT2D eigenvalue weighted by molar-refractivity contribution is -0.133. The molecule has 6 rings (SSSR count). The molecule has 0 amide bonds. The Morgan fingerprint density at radius 2 is 0.571 bits per heavy atom. The van der Waals surface area contributed by atoms with Gasteiger partial charge in [-0.25, -0.2) is 24.0 Å². The van der Waals surface area contributed by atoms with E-state index in [1.54, 1.807) is 66.7 Å². The highest BCUT2D eigenvalue weighted by Gasteiger charge is 2.41. The SMILES string of the molecule is CC(=O)Cc1ccccc1C(=O)OCC(COCC(COCCOC(=O)c1ccccc1OC(C)=O)(COCc1ccccc1OC(C)=O)COC(=O)c1ccccc1OC(C)=O)(COC(=O)c1ccccc1CC(C)=O)COC(=O)c1ccccc1OC(C)=O. The van der Waals surface area contributed by atoms with Crippen LogP contribution in [0.2, 0.25) is 0 Å². The van der Waals surface area contributed by atoms with E-state index in [1.807, 2.05) is 0 Å². The van der Waals surface area contributed by atoms with Crippen LogP contribution in [-0.4, -0.2) is 131 Å². The normalized spacial score (nSPS) is 11.6. The molecular weight excluding hydrogens is 1180 g/mol. The zero-order chi connectivity index (χ0) is 65.9. The minimum atomic E-state index is -1.94. The van der Waals surface area contributed by atoms with Crippen LogP contribution in [0.1, 0.15) is 110 Å². The number of hydrogen-bond acceptors (Lipinski definition) is 23. The molecule has 0 aliphatic heterocycles. The second-order valence-corrected chi connectivity index (χ2v) is 21.0. The van der Waals surface area contributed by atoms with Crippen molar-refractivity contribution in [3.05, 3.63) is 190 Å². The third-order valence-electron chi connectivity index (χ3n) is 13.1. The van der Waals surface area contributed by atoms with Crippen LogP contribution in [0.4, 0.5) is 0 Å². The third-order valence-corrected chi connectivity index (χ3v) is 13.1. The van der Waals surface area contributed by atoms with Crippen molar-refractivity contribution in [2.24, 2.45) is 10.8 Å². The quantitative estimate of drug-likeness (QED) is 0.0158. The molecule has 1 unspecified atom stereocenters. The Labute approximate surface area is 524 Å². The van der Waals surface area contributed by atoms with Crippen LogP contribution in [0.3, 0.4) is 0 Å². The zero-order valence-electron chi connectivity index (χ0n) is 50.9. The Morgan fingerprint density at radius 1 is 0.286 bits per heavy atom. The van der Waals surface area contributed by atoms with E-state index in [4.69, 9.17) is 56.8 Å². The van der Waals surface area contributed by atoms with Crippen molar-refractivity contribution < 1.29 is 110 Å². The number of rotatable bonds is 34. The molecule has 6 aromatic rings. The molecule has 23 heteroatoms. The van der Waals surface area contributed by atoms with Crippen LogP contribution >= 0.6 is 0 Å². The van der Waals surface area contributed by atoms with E-state index in [2.05, 4.69) is 0 Å². The average molecular weight is 1250 g/mol. The first kappa shape index (κ1) is 69.9. The zero-order valence-corrected chi connectivity index (χ0v) is 50.9. The van der Waals surface area contributed by atoms with Gasteiger partial charge in [-0.15, -0.1) is 0 Å². The van der Waals surface area contributed by atoms with Gasteiger partial charge in [0.15, 0.2) is 0 Å². The van der Waals surface area contributed by atoms with Gasteiger partial charge < -0.3 is 56.8 Å². The summed E-state index contributed by atoms with van der Waals surface area (Å²) in [6.07, 6.45) is -0.297. The molecule has 0 saturated heterocycles. The van der Waals surface area contributed by atoms with Gasteiger partial charge in [-0.1, -0.05) is 91.0 Å². The molecule has 0 fully saturated rings. The monoisotopic (exact) mass is 1250 g/mol. The standard InChI is InChI=1S/C68H68O23/c1-44(69)33-50-19-7-10-22-53(50)62(75)84-41-68(42-85-63(76)54-23-11-8-20-51(54)34-45(2)70,43-87-66(79)57-26-14-18-30-61(57)91-49(6)74)39-82-38-67(37-81-35-52-21-9-15-27-58(52)88-46(3)71,40-86-65(78)56-25-13-17-29-60(56)90-48(5)73)36-80-31-32-83-64(77)55-24-12-16-28-59(55)89-47(4)72/h7-30H,31-43H2,1-6H3. The molecule has 0 spiro atoms. The van der Waals surface area contributed by atoms with Crippen LogP contribution in [0.15, 0.2) is 146 Å². The average Bonchev–Trinajstić information content (AvgIpc) is 1.40. The summed E-state index contributed by atoms with van der Waals surface area (Å²) in [4.78, 5) is 144. The van der Waals surface area contributed by atoms with Gasteiger partial charge >= 0.3 is 53.7 Å². The fraction of sp³-hybridized carbons (Fsp3) is 0.309. The van der Waals surface area contributed by atoms with Crippen molar-refractivity contribution in [2.75, 3.05) is 66.1 Å². The highest BCUT2D eigenvalue weighted by atomic mass is 16.6. The number of Topliss-reactive ketones (excluding diaryl/α,β-unsaturated/α-hetero) is 2. The van der Waals surface area contributed by atoms with E-state index in [1.165, 1.54) is 99.6 Å². The summed E-state index contributed by atoms with van der Waals surface area (Å²) >= 11 is 0. The predicted octanol–water partition coefficient (Wildman–Crippen LogP) is 8.46. The van der Waals surface area contributed by atoms with E-state index in [0.29, 0.717) is 16.7 Å². The number of para-hydroxylation sites is 4. The fourth-order valence-corrected chi connectivity index (χ4v) is 8.91. The number of esters is 9. The molecule has 0 N–H and O–H groups in total. The van der Waals surface area contributed by atoms with Crippen LogP contribution in [-0.2, 0) is 86.1 Å². The maximum Gasteiger partial charge on any atom is 0.342 e. The second-order valence-electron chi connectivity index (χ2n) is 21.0. The summed E-state index contributed by atoms with van der Waals surface area (Å²) in [5, 5.41) is 0. The maximum absolute atomic E-state index is 14.3.